The second-order valence-electron chi connectivity index (χ2n) is 5.58. The zero-order valence-corrected chi connectivity index (χ0v) is 14.5. The van der Waals surface area contributed by atoms with E-state index in [9.17, 15) is 13.2 Å². The fourth-order valence-electron chi connectivity index (χ4n) is 2.03. The van der Waals surface area contributed by atoms with E-state index in [1.807, 2.05) is 19.9 Å². The average molecular weight is 339 g/mol. The standard InChI is InChI=1S/C14H21N5O3S/c1-10(2)23(21,22)15-7-8-18-14(20)6-5-13(17-18)19-12(4)9-11(3)16-19/h5-6,9-10,15H,7-8H2,1-4H3. The summed E-state index contributed by atoms with van der Waals surface area (Å²) in [5, 5.41) is 8.05. The van der Waals surface area contributed by atoms with Crippen LogP contribution in [-0.2, 0) is 16.6 Å². The number of rotatable bonds is 6. The fraction of sp³-hybridized carbons (Fsp3) is 0.500. The van der Waals surface area contributed by atoms with Gasteiger partial charge in [-0.1, -0.05) is 0 Å². The number of aryl methyl sites for hydroxylation is 2. The molecule has 0 unspecified atom stereocenters. The maximum Gasteiger partial charge on any atom is 0.266 e. The summed E-state index contributed by atoms with van der Waals surface area (Å²) < 4.78 is 28.7. The summed E-state index contributed by atoms with van der Waals surface area (Å²) in [7, 11) is -3.36. The van der Waals surface area contributed by atoms with Crippen LogP contribution in [0.5, 0.6) is 0 Å². The quantitative estimate of drug-likeness (QED) is 0.820. The van der Waals surface area contributed by atoms with Crippen LogP contribution < -0.4 is 10.3 Å². The molecule has 0 aliphatic rings. The molecule has 0 atom stereocenters. The summed E-state index contributed by atoms with van der Waals surface area (Å²) in [4.78, 5) is 11.9. The van der Waals surface area contributed by atoms with Gasteiger partial charge in [0.15, 0.2) is 5.82 Å². The maximum absolute atomic E-state index is 11.9. The van der Waals surface area contributed by atoms with E-state index in [-0.39, 0.29) is 18.6 Å². The lowest BCUT2D eigenvalue weighted by molar-refractivity contribution is 0.537. The number of aromatic nitrogens is 4. The zero-order chi connectivity index (χ0) is 17.2. The van der Waals surface area contributed by atoms with Crippen molar-refractivity contribution >= 4 is 10.0 Å². The fourth-order valence-corrected chi connectivity index (χ4v) is 2.74. The van der Waals surface area contributed by atoms with Gasteiger partial charge in [-0.05, 0) is 39.8 Å². The highest BCUT2D eigenvalue weighted by molar-refractivity contribution is 7.90. The van der Waals surface area contributed by atoms with Gasteiger partial charge in [-0.2, -0.15) is 5.10 Å². The van der Waals surface area contributed by atoms with Gasteiger partial charge in [0.1, 0.15) is 0 Å². The van der Waals surface area contributed by atoms with Crippen LogP contribution >= 0.6 is 0 Å². The normalized spacial score (nSPS) is 12.0. The van der Waals surface area contributed by atoms with Crippen LogP contribution in [0.1, 0.15) is 25.2 Å². The number of nitrogens with zero attached hydrogens (tertiary/aromatic N) is 4. The van der Waals surface area contributed by atoms with Crippen molar-refractivity contribution < 1.29 is 8.42 Å². The molecule has 2 aromatic rings. The van der Waals surface area contributed by atoms with Crippen LogP contribution in [0.4, 0.5) is 0 Å². The van der Waals surface area contributed by atoms with Gasteiger partial charge in [0.25, 0.3) is 5.56 Å². The van der Waals surface area contributed by atoms with Gasteiger partial charge in [0, 0.05) is 18.3 Å². The molecule has 2 heterocycles. The smallest absolute Gasteiger partial charge is 0.266 e. The molecule has 23 heavy (non-hydrogen) atoms. The van der Waals surface area contributed by atoms with E-state index in [4.69, 9.17) is 0 Å². The summed E-state index contributed by atoms with van der Waals surface area (Å²) in [5.74, 6) is 0.516. The molecule has 0 saturated heterocycles. The number of hydrogen-bond acceptors (Lipinski definition) is 5. The Morgan fingerprint density at radius 1 is 1.22 bits per heavy atom. The molecule has 1 N–H and O–H groups in total. The molecule has 0 fully saturated rings. The number of nitrogens with one attached hydrogen (secondary N) is 1. The highest BCUT2D eigenvalue weighted by atomic mass is 32.2. The van der Waals surface area contributed by atoms with E-state index in [1.54, 1.807) is 24.6 Å². The monoisotopic (exact) mass is 339 g/mol. The van der Waals surface area contributed by atoms with Gasteiger partial charge < -0.3 is 0 Å². The predicted octanol–water partition coefficient (Wildman–Crippen LogP) is 0.374. The van der Waals surface area contributed by atoms with Crippen LogP contribution in [0, 0.1) is 13.8 Å². The van der Waals surface area contributed by atoms with Gasteiger partial charge in [-0.3, -0.25) is 4.79 Å². The Kier molecular flexibility index (Phi) is 5.00. The van der Waals surface area contributed by atoms with E-state index < -0.39 is 15.3 Å². The molecule has 126 valence electrons. The first kappa shape index (κ1) is 17.4. The van der Waals surface area contributed by atoms with E-state index in [2.05, 4.69) is 14.9 Å². The topological polar surface area (TPSA) is 98.9 Å². The van der Waals surface area contributed by atoms with Crippen molar-refractivity contribution in [2.45, 2.75) is 39.5 Å². The molecular weight excluding hydrogens is 318 g/mol. The Bertz CT molecular complexity index is 852. The first-order valence-corrected chi connectivity index (χ1v) is 8.85. The van der Waals surface area contributed by atoms with Crippen molar-refractivity contribution in [1.29, 1.82) is 0 Å². The van der Waals surface area contributed by atoms with Gasteiger partial charge in [-0.15, -0.1) is 5.10 Å². The molecular formula is C14H21N5O3S. The zero-order valence-electron chi connectivity index (χ0n) is 13.6. The maximum atomic E-state index is 11.9. The van der Waals surface area contributed by atoms with Crippen LogP contribution in [-0.4, -0.2) is 39.8 Å². The molecule has 0 aromatic carbocycles. The Balaban J connectivity index is 2.19. The van der Waals surface area contributed by atoms with E-state index in [0.29, 0.717) is 5.82 Å². The lowest BCUT2D eigenvalue weighted by Gasteiger charge is -2.11. The van der Waals surface area contributed by atoms with Gasteiger partial charge in [0.2, 0.25) is 10.0 Å². The molecule has 0 saturated carbocycles. The second-order valence-corrected chi connectivity index (χ2v) is 7.90. The van der Waals surface area contributed by atoms with Crippen molar-refractivity contribution in [3.05, 3.63) is 39.9 Å². The summed E-state index contributed by atoms with van der Waals surface area (Å²) >= 11 is 0. The van der Waals surface area contributed by atoms with Crippen molar-refractivity contribution in [1.82, 2.24) is 24.3 Å². The van der Waals surface area contributed by atoms with Gasteiger partial charge >= 0.3 is 0 Å². The third-order valence-corrected chi connectivity index (χ3v) is 5.17. The molecule has 8 nitrogen and oxygen atoms in total. The Morgan fingerprint density at radius 3 is 2.48 bits per heavy atom. The number of hydrogen-bond donors (Lipinski definition) is 1. The molecule has 2 rings (SSSR count). The molecule has 0 amide bonds. The Hall–Kier alpha value is -2.00. The first-order chi connectivity index (χ1) is 10.7. The van der Waals surface area contributed by atoms with Crippen molar-refractivity contribution in [3.8, 4) is 5.82 Å². The molecule has 9 heteroatoms. The summed E-state index contributed by atoms with van der Waals surface area (Å²) in [6, 6.07) is 4.90. The van der Waals surface area contributed by atoms with Crippen LogP contribution in [0.2, 0.25) is 0 Å². The minimum Gasteiger partial charge on any atom is -0.268 e. The van der Waals surface area contributed by atoms with E-state index in [0.717, 1.165) is 11.4 Å². The lowest BCUT2D eigenvalue weighted by Crippen LogP contribution is -2.35. The minimum absolute atomic E-state index is 0.105. The van der Waals surface area contributed by atoms with Crippen molar-refractivity contribution in [3.63, 3.8) is 0 Å². The van der Waals surface area contributed by atoms with Crippen LogP contribution in [0.15, 0.2) is 23.0 Å². The SMILES string of the molecule is Cc1cc(C)n(-c2ccc(=O)n(CCNS(=O)(=O)C(C)C)n2)n1. The van der Waals surface area contributed by atoms with E-state index in [1.165, 1.54) is 10.7 Å². The van der Waals surface area contributed by atoms with Gasteiger partial charge in [0.05, 0.1) is 17.5 Å². The Morgan fingerprint density at radius 2 is 1.91 bits per heavy atom. The van der Waals surface area contributed by atoms with E-state index >= 15 is 0 Å². The molecule has 0 aliphatic heterocycles. The highest BCUT2D eigenvalue weighted by Gasteiger charge is 2.15. The largest absolute Gasteiger partial charge is 0.268 e. The molecule has 0 radical (unpaired) electrons. The Labute approximate surface area is 135 Å². The van der Waals surface area contributed by atoms with Crippen LogP contribution in [0.25, 0.3) is 5.82 Å². The second kappa shape index (κ2) is 6.63. The molecule has 0 aliphatic carbocycles. The predicted molar refractivity (Wildman–Crippen MR) is 87.2 cm³/mol. The summed E-state index contributed by atoms with van der Waals surface area (Å²) in [6.45, 7) is 7.21. The lowest BCUT2D eigenvalue weighted by atomic mass is 10.4. The molecule has 2 aromatic heterocycles. The summed E-state index contributed by atoms with van der Waals surface area (Å²) in [6.07, 6.45) is 0. The minimum atomic E-state index is -3.36. The third kappa shape index (κ3) is 4.05. The van der Waals surface area contributed by atoms with Crippen LogP contribution in [0.3, 0.4) is 0 Å². The summed E-state index contributed by atoms with van der Waals surface area (Å²) in [5.41, 5.74) is 1.46. The third-order valence-electron chi connectivity index (χ3n) is 3.33. The molecule has 0 spiro atoms. The van der Waals surface area contributed by atoms with Crippen molar-refractivity contribution in [2.24, 2.45) is 0 Å². The van der Waals surface area contributed by atoms with Crippen molar-refractivity contribution in [2.75, 3.05) is 6.54 Å². The molecule has 0 bridgehead atoms. The number of sulfonamides is 1. The highest BCUT2D eigenvalue weighted by Crippen LogP contribution is 2.07. The first-order valence-electron chi connectivity index (χ1n) is 7.31. The average Bonchev–Trinajstić information content (AvgIpc) is 2.79. The van der Waals surface area contributed by atoms with Gasteiger partial charge in [-0.25, -0.2) is 22.5 Å².